The molecule has 0 radical (unpaired) electrons. The van der Waals surface area contributed by atoms with Gasteiger partial charge in [0.2, 0.25) is 0 Å². The minimum Gasteiger partial charge on any atom is -0.493 e. The number of carbonyl (C=O) groups is 2. The van der Waals surface area contributed by atoms with Gasteiger partial charge in [0, 0.05) is 38.1 Å². The summed E-state index contributed by atoms with van der Waals surface area (Å²) in [5, 5.41) is 15.1. The minimum atomic E-state index is -0.922. The number of nitrogens with zero attached hydrogens (tertiary/aromatic N) is 1. The van der Waals surface area contributed by atoms with Crippen LogP contribution in [0, 0.1) is 0 Å². The second-order valence-electron chi connectivity index (χ2n) is 6.24. The SMILES string of the molecule is COc1ccc(NC(=O)C(=O)NCC(O)c2ccc(N(C)C)cc2)cc1OC. The molecule has 8 heteroatoms. The fraction of sp³-hybridized carbons (Fsp3) is 0.300. The number of aliphatic hydroxyl groups excluding tert-OH is 1. The van der Waals surface area contributed by atoms with Crippen molar-refractivity contribution in [3.63, 3.8) is 0 Å². The van der Waals surface area contributed by atoms with E-state index in [0.29, 0.717) is 22.7 Å². The van der Waals surface area contributed by atoms with Crippen molar-refractivity contribution < 1.29 is 24.2 Å². The Balaban J connectivity index is 1.90. The molecule has 0 spiro atoms. The van der Waals surface area contributed by atoms with Crippen LogP contribution >= 0.6 is 0 Å². The lowest BCUT2D eigenvalue weighted by Crippen LogP contribution is -2.37. The topological polar surface area (TPSA) is 100 Å². The Morgan fingerprint density at radius 2 is 1.64 bits per heavy atom. The van der Waals surface area contributed by atoms with E-state index in [0.717, 1.165) is 5.69 Å². The molecule has 1 atom stereocenters. The highest BCUT2D eigenvalue weighted by molar-refractivity contribution is 6.39. The Bertz CT molecular complexity index is 821. The van der Waals surface area contributed by atoms with Gasteiger partial charge in [0.05, 0.1) is 20.3 Å². The van der Waals surface area contributed by atoms with Crippen molar-refractivity contribution in [1.82, 2.24) is 5.32 Å². The molecule has 0 saturated heterocycles. The van der Waals surface area contributed by atoms with E-state index < -0.39 is 17.9 Å². The maximum Gasteiger partial charge on any atom is 0.313 e. The summed E-state index contributed by atoms with van der Waals surface area (Å²) in [6.45, 7) is -0.0838. The smallest absolute Gasteiger partial charge is 0.313 e. The molecule has 2 rings (SSSR count). The predicted octanol–water partition coefficient (Wildman–Crippen LogP) is 1.56. The molecule has 28 heavy (non-hydrogen) atoms. The third kappa shape index (κ3) is 5.37. The molecule has 2 aromatic rings. The van der Waals surface area contributed by atoms with Crippen molar-refractivity contribution in [3.8, 4) is 11.5 Å². The molecule has 0 heterocycles. The van der Waals surface area contributed by atoms with Gasteiger partial charge in [0.1, 0.15) is 0 Å². The van der Waals surface area contributed by atoms with Crippen LogP contribution in [0.4, 0.5) is 11.4 Å². The standard InChI is InChI=1S/C20H25N3O5/c1-23(2)15-8-5-13(6-9-15)16(24)12-21-19(25)20(26)22-14-7-10-17(27-3)18(11-14)28-4/h5-11,16,24H,12H2,1-4H3,(H,21,25)(H,22,26). The highest BCUT2D eigenvalue weighted by Crippen LogP contribution is 2.29. The molecule has 2 amide bonds. The van der Waals surface area contributed by atoms with E-state index in [1.54, 1.807) is 30.3 Å². The fourth-order valence-electron chi connectivity index (χ4n) is 2.48. The van der Waals surface area contributed by atoms with Crippen LogP contribution in [0.2, 0.25) is 0 Å². The lowest BCUT2D eigenvalue weighted by atomic mass is 10.1. The Morgan fingerprint density at radius 3 is 2.21 bits per heavy atom. The molecule has 8 nitrogen and oxygen atoms in total. The largest absolute Gasteiger partial charge is 0.493 e. The summed E-state index contributed by atoms with van der Waals surface area (Å²) < 4.78 is 10.3. The molecule has 1 unspecified atom stereocenters. The molecule has 0 bridgehead atoms. The molecule has 0 aliphatic heterocycles. The Morgan fingerprint density at radius 1 is 1.00 bits per heavy atom. The van der Waals surface area contributed by atoms with E-state index in [2.05, 4.69) is 10.6 Å². The van der Waals surface area contributed by atoms with Gasteiger partial charge >= 0.3 is 11.8 Å². The maximum absolute atomic E-state index is 12.1. The normalized spacial score (nSPS) is 11.3. The number of nitrogens with one attached hydrogen (secondary N) is 2. The van der Waals surface area contributed by atoms with Crippen LogP contribution < -0.4 is 25.0 Å². The van der Waals surface area contributed by atoms with Crippen LogP contribution in [0.25, 0.3) is 0 Å². The van der Waals surface area contributed by atoms with E-state index in [1.165, 1.54) is 14.2 Å². The monoisotopic (exact) mass is 387 g/mol. The van der Waals surface area contributed by atoms with E-state index in [1.807, 2.05) is 31.1 Å². The van der Waals surface area contributed by atoms with Crippen molar-refractivity contribution in [2.24, 2.45) is 0 Å². The number of amides is 2. The van der Waals surface area contributed by atoms with Gasteiger partial charge in [-0.15, -0.1) is 0 Å². The van der Waals surface area contributed by atoms with Crippen LogP contribution in [0.5, 0.6) is 11.5 Å². The molecule has 0 aliphatic carbocycles. The van der Waals surface area contributed by atoms with Gasteiger partial charge in [0.15, 0.2) is 11.5 Å². The van der Waals surface area contributed by atoms with Crippen molar-refractivity contribution in [2.45, 2.75) is 6.10 Å². The summed E-state index contributed by atoms with van der Waals surface area (Å²) in [5.41, 5.74) is 2.03. The lowest BCUT2D eigenvalue weighted by molar-refractivity contribution is -0.136. The van der Waals surface area contributed by atoms with Gasteiger partial charge in [0.25, 0.3) is 0 Å². The highest BCUT2D eigenvalue weighted by atomic mass is 16.5. The van der Waals surface area contributed by atoms with E-state index in [4.69, 9.17) is 9.47 Å². The second-order valence-corrected chi connectivity index (χ2v) is 6.24. The van der Waals surface area contributed by atoms with Gasteiger partial charge in [-0.3, -0.25) is 9.59 Å². The van der Waals surface area contributed by atoms with Crippen molar-refractivity contribution in [3.05, 3.63) is 48.0 Å². The number of anilines is 2. The van der Waals surface area contributed by atoms with Crippen LogP contribution in [-0.2, 0) is 9.59 Å². The van der Waals surface area contributed by atoms with Gasteiger partial charge in [-0.05, 0) is 29.8 Å². The Hall–Kier alpha value is -3.26. The fourth-order valence-corrected chi connectivity index (χ4v) is 2.48. The maximum atomic E-state index is 12.1. The summed E-state index contributed by atoms with van der Waals surface area (Å²) in [6, 6.07) is 12.0. The molecule has 150 valence electrons. The van der Waals surface area contributed by atoms with Gasteiger partial charge < -0.3 is 30.1 Å². The first kappa shape index (κ1) is 21.0. The number of hydrogen-bond acceptors (Lipinski definition) is 6. The zero-order valence-electron chi connectivity index (χ0n) is 16.4. The molecule has 0 saturated carbocycles. The predicted molar refractivity (Wildman–Crippen MR) is 107 cm³/mol. The summed E-state index contributed by atoms with van der Waals surface area (Å²) >= 11 is 0. The highest BCUT2D eigenvalue weighted by Gasteiger charge is 2.17. The van der Waals surface area contributed by atoms with Gasteiger partial charge in [-0.1, -0.05) is 12.1 Å². The summed E-state index contributed by atoms with van der Waals surface area (Å²) in [6.07, 6.45) is -0.922. The zero-order valence-corrected chi connectivity index (χ0v) is 16.4. The molecule has 0 aliphatic rings. The number of aliphatic hydroxyl groups is 1. The quantitative estimate of drug-likeness (QED) is 0.624. The number of hydrogen-bond donors (Lipinski definition) is 3. The number of rotatable bonds is 7. The molecular formula is C20H25N3O5. The van der Waals surface area contributed by atoms with Crippen molar-refractivity contribution in [2.75, 3.05) is 45.1 Å². The average Bonchev–Trinajstić information content (AvgIpc) is 2.71. The zero-order chi connectivity index (χ0) is 20.7. The molecule has 2 aromatic carbocycles. The molecular weight excluding hydrogens is 362 g/mol. The van der Waals surface area contributed by atoms with Crippen LogP contribution in [0.15, 0.2) is 42.5 Å². The molecule has 0 fully saturated rings. The van der Waals surface area contributed by atoms with Gasteiger partial charge in [-0.25, -0.2) is 0 Å². The van der Waals surface area contributed by atoms with E-state index in [9.17, 15) is 14.7 Å². The summed E-state index contributed by atoms with van der Waals surface area (Å²) in [5.74, 6) is -0.758. The number of benzene rings is 2. The van der Waals surface area contributed by atoms with Crippen LogP contribution in [0.1, 0.15) is 11.7 Å². The van der Waals surface area contributed by atoms with Crippen LogP contribution in [0.3, 0.4) is 0 Å². The first-order chi connectivity index (χ1) is 13.3. The second kappa shape index (κ2) is 9.61. The number of ether oxygens (including phenoxy) is 2. The van der Waals surface area contributed by atoms with Crippen molar-refractivity contribution in [1.29, 1.82) is 0 Å². The first-order valence-electron chi connectivity index (χ1n) is 8.62. The lowest BCUT2D eigenvalue weighted by Gasteiger charge is -2.16. The molecule has 0 aromatic heterocycles. The van der Waals surface area contributed by atoms with Crippen molar-refractivity contribution >= 4 is 23.2 Å². The Kier molecular flexibility index (Phi) is 7.22. The summed E-state index contributed by atoms with van der Waals surface area (Å²) in [4.78, 5) is 26.0. The number of methoxy groups -OCH3 is 2. The average molecular weight is 387 g/mol. The Labute approximate surface area is 164 Å². The third-order valence-corrected chi connectivity index (χ3v) is 4.10. The third-order valence-electron chi connectivity index (χ3n) is 4.10. The molecule has 3 N–H and O–H groups in total. The number of carbonyl (C=O) groups excluding carboxylic acids is 2. The van der Waals surface area contributed by atoms with Gasteiger partial charge in [-0.2, -0.15) is 0 Å². The van der Waals surface area contributed by atoms with Crippen LogP contribution in [-0.4, -0.2) is 51.8 Å². The van der Waals surface area contributed by atoms with E-state index in [-0.39, 0.29) is 6.54 Å². The minimum absolute atomic E-state index is 0.0838. The summed E-state index contributed by atoms with van der Waals surface area (Å²) in [7, 11) is 6.82. The van der Waals surface area contributed by atoms with E-state index >= 15 is 0 Å². The first-order valence-corrected chi connectivity index (χ1v) is 8.62.